The first kappa shape index (κ1) is 39.2. The first-order valence-corrected chi connectivity index (χ1v) is 17.1. The van der Waals surface area contributed by atoms with Crippen LogP contribution < -0.4 is 15.4 Å². The quantitative estimate of drug-likeness (QED) is 0.235. The predicted molar refractivity (Wildman–Crippen MR) is 189 cm³/mol. The molecule has 1 aliphatic heterocycles. The number of nitrogens with zero attached hydrogens (tertiary/aromatic N) is 2. The zero-order chi connectivity index (χ0) is 37.1. The fourth-order valence-electron chi connectivity index (χ4n) is 5.76. The monoisotopic (exact) mass is 712 g/mol. The second-order valence-electron chi connectivity index (χ2n) is 13.1. The largest absolute Gasteiger partial charge is 0.490 e. The van der Waals surface area contributed by atoms with Gasteiger partial charge in [-0.25, -0.2) is 4.79 Å². The van der Waals surface area contributed by atoms with E-state index < -0.39 is 35.8 Å². The van der Waals surface area contributed by atoms with Crippen molar-refractivity contribution in [3.05, 3.63) is 89.5 Å². The summed E-state index contributed by atoms with van der Waals surface area (Å²) in [5.41, 5.74) is 0.887. The van der Waals surface area contributed by atoms with Crippen LogP contribution in [0.15, 0.2) is 72.8 Å². The van der Waals surface area contributed by atoms with Gasteiger partial charge in [-0.05, 0) is 81.1 Å². The number of hydrogen-bond donors (Lipinski definition) is 3. The second kappa shape index (κ2) is 18.0. The van der Waals surface area contributed by atoms with Crippen molar-refractivity contribution >= 4 is 29.2 Å². The number of amides is 4. The second-order valence-corrected chi connectivity index (χ2v) is 13.1. The van der Waals surface area contributed by atoms with Crippen LogP contribution in [0.5, 0.6) is 5.75 Å². The molecule has 4 rings (SSSR count). The number of aliphatic hydroxyl groups is 1. The van der Waals surface area contributed by atoms with Crippen molar-refractivity contribution in [1.29, 1.82) is 0 Å². The molecule has 0 radical (unpaired) electrons. The summed E-state index contributed by atoms with van der Waals surface area (Å²) in [5, 5.41) is 15.7. The third-order valence-electron chi connectivity index (χ3n) is 8.81. The Labute approximate surface area is 296 Å². The van der Waals surface area contributed by atoms with E-state index in [0.717, 1.165) is 24.1 Å². The maximum Gasteiger partial charge on any atom is 0.416 e. The molecule has 0 spiro atoms. The van der Waals surface area contributed by atoms with Crippen molar-refractivity contribution in [1.82, 2.24) is 9.80 Å². The molecule has 0 saturated heterocycles. The summed E-state index contributed by atoms with van der Waals surface area (Å²) < 4.78 is 51.5. The Bertz CT molecular complexity index is 1610. The summed E-state index contributed by atoms with van der Waals surface area (Å²) in [5.74, 6) is -0.622. The number of fused-ring (bicyclic) bond motifs is 1. The van der Waals surface area contributed by atoms with Crippen LogP contribution in [0.4, 0.5) is 29.3 Å². The van der Waals surface area contributed by atoms with Gasteiger partial charge >= 0.3 is 12.2 Å². The Balaban J connectivity index is 1.55. The van der Waals surface area contributed by atoms with Gasteiger partial charge in [-0.2, -0.15) is 13.2 Å². The van der Waals surface area contributed by atoms with Gasteiger partial charge in [0.25, 0.3) is 5.91 Å². The summed E-state index contributed by atoms with van der Waals surface area (Å²) in [7, 11) is 1.56. The average molecular weight is 713 g/mol. The third kappa shape index (κ3) is 11.4. The number of urea groups is 1. The highest BCUT2D eigenvalue weighted by atomic mass is 19.4. The van der Waals surface area contributed by atoms with E-state index in [0.29, 0.717) is 30.9 Å². The predicted octanol–water partition coefficient (Wildman–Crippen LogP) is 6.85. The fraction of sp³-hybridized carbons (Fsp3) is 0.447. The Morgan fingerprint density at radius 3 is 2.35 bits per heavy atom. The molecule has 0 bridgehead atoms. The molecular weight excluding hydrogens is 665 g/mol. The van der Waals surface area contributed by atoms with Crippen LogP contribution in [-0.2, 0) is 22.1 Å². The molecule has 1 aliphatic rings. The van der Waals surface area contributed by atoms with Crippen molar-refractivity contribution in [2.45, 2.75) is 70.9 Å². The van der Waals surface area contributed by atoms with E-state index >= 15 is 0 Å². The molecule has 0 unspecified atom stereocenters. The van der Waals surface area contributed by atoms with Crippen molar-refractivity contribution < 1.29 is 42.1 Å². The lowest BCUT2D eigenvalue weighted by atomic mass is 10.0. The van der Waals surface area contributed by atoms with Crippen molar-refractivity contribution in [3.8, 4) is 5.75 Å². The van der Waals surface area contributed by atoms with Gasteiger partial charge in [0, 0.05) is 44.0 Å². The van der Waals surface area contributed by atoms with E-state index in [4.69, 9.17) is 9.47 Å². The number of carbonyl (C=O) groups excluding carboxylic acids is 3. The SMILES string of the molecule is C[C@@H]1CCCCO[C@H](CN(C)C(=O)Nc2ccc(C(F)(F)F)cc2)[C@@H](C)CN([C@@H](C)CO)C(=O)c2cc(NC(=O)Cc3ccccc3)ccc2O1. The van der Waals surface area contributed by atoms with E-state index in [9.17, 15) is 32.7 Å². The molecule has 4 atom stereocenters. The Morgan fingerprint density at radius 1 is 1.00 bits per heavy atom. The van der Waals surface area contributed by atoms with Gasteiger partial charge in [-0.15, -0.1) is 0 Å². The molecule has 10 nitrogen and oxygen atoms in total. The van der Waals surface area contributed by atoms with E-state index in [1.54, 1.807) is 32.2 Å². The number of alkyl halides is 3. The van der Waals surface area contributed by atoms with Crippen LogP contribution in [-0.4, -0.2) is 84.4 Å². The molecule has 3 aromatic rings. The maximum atomic E-state index is 14.4. The number of nitrogens with one attached hydrogen (secondary N) is 2. The molecular formula is C38H47F3N4O6. The highest BCUT2D eigenvalue weighted by Gasteiger charge is 2.32. The minimum Gasteiger partial charge on any atom is -0.490 e. The van der Waals surface area contributed by atoms with E-state index in [1.807, 2.05) is 44.2 Å². The normalized spacial score (nSPS) is 19.6. The minimum atomic E-state index is -4.49. The van der Waals surface area contributed by atoms with Crippen LogP contribution >= 0.6 is 0 Å². The number of benzene rings is 3. The van der Waals surface area contributed by atoms with Crippen molar-refractivity contribution in [3.63, 3.8) is 0 Å². The summed E-state index contributed by atoms with van der Waals surface area (Å²) >= 11 is 0. The standard InChI is InChI=1S/C38H47F3N4O6/c1-25-22-45(26(2)24-46)36(48)32-21-31(42-35(47)20-28-11-6-5-7-12-28)17-18-33(32)51-27(3)10-8-9-19-50-34(25)23-44(4)37(49)43-30-15-13-29(14-16-30)38(39,40)41/h5-7,11-18,21,25-27,34,46H,8-10,19-20,22-24H2,1-4H3,(H,42,47)(H,43,49)/t25-,26-,27+,34+/m0/s1. The number of hydrogen-bond acceptors (Lipinski definition) is 6. The molecule has 1 heterocycles. The topological polar surface area (TPSA) is 120 Å². The highest BCUT2D eigenvalue weighted by Crippen LogP contribution is 2.31. The van der Waals surface area contributed by atoms with Gasteiger partial charge in [0.05, 0.1) is 42.4 Å². The van der Waals surface area contributed by atoms with Gasteiger partial charge < -0.3 is 35.0 Å². The average Bonchev–Trinajstić information content (AvgIpc) is 3.09. The van der Waals surface area contributed by atoms with Gasteiger partial charge in [0.1, 0.15) is 5.75 Å². The van der Waals surface area contributed by atoms with Crippen LogP contribution in [0.1, 0.15) is 61.5 Å². The smallest absolute Gasteiger partial charge is 0.416 e. The maximum absolute atomic E-state index is 14.4. The van der Waals surface area contributed by atoms with Crippen LogP contribution in [0.2, 0.25) is 0 Å². The number of ether oxygens (including phenoxy) is 2. The summed E-state index contributed by atoms with van der Waals surface area (Å²) in [6, 6.07) is 17.3. The van der Waals surface area contributed by atoms with Gasteiger partial charge in [-0.1, -0.05) is 37.3 Å². The Kier molecular flexibility index (Phi) is 13.9. The number of rotatable bonds is 8. The van der Waals surface area contributed by atoms with E-state index in [1.165, 1.54) is 21.9 Å². The molecule has 13 heteroatoms. The molecule has 0 fully saturated rings. The zero-order valence-corrected chi connectivity index (χ0v) is 29.4. The first-order chi connectivity index (χ1) is 24.2. The number of likely N-dealkylation sites (N-methyl/N-ethyl adjacent to an activating group) is 1. The number of aliphatic hydroxyl groups excluding tert-OH is 1. The fourth-order valence-corrected chi connectivity index (χ4v) is 5.76. The van der Waals surface area contributed by atoms with Crippen molar-refractivity contribution in [2.24, 2.45) is 5.92 Å². The van der Waals surface area contributed by atoms with E-state index in [2.05, 4.69) is 10.6 Å². The molecule has 3 N–H and O–H groups in total. The number of halogens is 3. The first-order valence-electron chi connectivity index (χ1n) is 17.1. The number of carbonyl (C=O) groups is 3. The lowest BCUT2D eigenvalue weighted by molar-refractivity contribution is -0.137. The molecule has 0 aliphatic carbocycles. The molecule has 51 heavy (non-hydrogen) atoms. The van der Waals surface area contributed by atoms with Crippen LogP contribution in [0.25, 0.3) is 0 Å². The zero-order valence-electron chi connectivity index (χ0n) is 29.4. The Morgan fingerprint density at radius 2 is 1.69 bits per heavy atom. The molecule has 0 aromatic heterocycles. The van der Waals surface area contributed by atoms with E-state index in [-0.39, 0.29) is 55.3 Å². The van der Waals surface area contributed by atoms with Crippen LogP contribution in [0.3, 0.4) is 0 Å². The highest BCUT2D eigenvalue weighted by molar-refractivity contribution is 6.00. The molecule has 3 aromatic carbocycles. The number of anilines is 2. The third-order valence-corrected chi connectivity index (χ3v) is 8.81. The summed E-state index contributed by atoms with van der Waals surface area (Å²) in [6.45, 7) is 5.88. The molecule has 4 amide bonds. The summed E-state index contributed by atoms with van der Waals surface area (Å²) in [6.07, 6.45) is -2.94. The van der Waals surface area contributed by atoms with Gasteiger partial charge in [-0.3, -0.25) is 9.59 Å². The minimum absolute atomic E-state index is 0.122. The molecule has 276 valence electrons. The summed E-state index contributed by atoms with van der Waals surface area (Å²) in [4.78, 5) is 43.3. The molecule has 0 saturated carbocycles. The van der Waals surface area contributed by atoms with Gasteiger partial charge in [0.2, 0.25) is 5.91 Å². The Hall–Kier alpha value is -4.62. The lowest BCUT2D eigenvalue weighted by Crippen LogP contribution is -2.48. The van der Waals surface area contributed by atoms with Crippen LogP contribution in [0, 0.1) is 5.92 Å². The lowest BCUT2D eigenvalue weighted by Gasteiger charge is -2.35. The van der Waals surface area contributed by atoms with Gasteiger partial charge in [0.15, 0.2) is 0 Å². The van der Waals surface area contributed by atoms with Crippen molar-refractivity contribution in [2.75, 3.05) is 44.0 Å².